The molecule has 1 amide bonds. The third kappa shape index (κ3) is 4.77. The zero-order valence-electron chi connectivity index (χ0n) is 13.2. The van der Waals surface area contributed by atoms with Crippen molar-refractivity contribution in [3.05, 3.63) is 29.3 Å². The molecular formula is C16H23NO4. The number of carbonyl (C=O) groups excluding carboxylic acids is 1. The fourth-order valence-corrected chi connectivity index (χ4v) is 1.64. The van der Waals surface area contributed by atoms with Crippen LogP contribution in [0.4, 0.5) is 0 Å². The number of nitrogens with one attached hydrogen (secondary N) is 1. The number of benzene rings is 1. The number of hydrogen-bond donors (Lipinski definition) is 2. The van der Waals surface area contributed by atoms with Crippen molar-refractivity contribution in [2.45, 2.75) is 40.7 Å². The number of amides is 1. The van der Waals surface area contributed by atoms with Crippen LogP contribution >= 0.6 is 0 Å². The summed E-state index contributed by atoms with van der Waals surface area (Å²) < 4.78 is 5.74. The van der Waals surface area contributed by atoms with Gasteiger partial charge in [0.1, 0.15) is 18.4 Å². The fraction of sp³-hybridized carbons (Fsp3) is 0.500. The number of aliphatic carboxylic acids is 1. The Balaban J connectivity index is 2.69. The number of rotatable bonds is 6. The van der Waals surface area contributed by atoms with Crippen molar-refractivity contribution in [3.8, 4) is 5.75 Å². The summed E-state index contributed by atoms with van der Waals surface area (Å²) in [5, 5.41) is 11.3. The van der Waals surface area contributed by atoms with E-state index in [0.29, 0.717) is 0 Å². The topological polar surface area (TPSA) is 75.6 Å². The first-order valence-corrected chi connectivity index (χ1v) is 6.87. The number of carbonyl (C=O) groups is 2. The van der Waals surface area contributed by atoms with Gasteiger partial charge < -0.3 is 15.2 Å². The molecule has 0 aliphatic rings. The Morgan fingerprint density at radius 2 is 1.95 bits per heavy atom. The van der Waals surface area contributed by atoms with Gasteiger partial charge >= 0.3 is 5.97 Å². The molecule has 1 aromatic carbocycles. The number of carboxylic acids is 1. The summed E-state index contributed by atoms with van der Waals surface area (Å²) in [6.07, 6.45) is 0. The Morgan fingerprint density at radius 3 is 2.52 bits per heavy atom. The number of ether oxygens (including phenoxy) is 1. The van der Waals surface area contributed by atoms with Crippen molar-refractivity contribution in [1.82, 2.24) is 5.32 Å². The highest BCUT2D eigenvalue weighted by Gasteiger charge is 2.31. The molecule has 0 heterocycles. The normalized spacial score (nSPS) is 12.6. The van der Waals surface area contributed by atoms with Crippen LogP contribution in [0.25, 0.3) is 0 Å². The summed E-state index contributed by atoms with van der Waals surface area (Å²) in [5.41, 5.74) is 1.26. The lowest BCUT2D eigenvalue weighted by molar-refractivity contribution is -0.143. The predicted molar refractivity (Wildman–Crippen MR) is 80.4 cm³/mol. The van der Waals surface area contributed by atoms with E-state index in [0.717, 1.165) is 16.9 Å². The molecule has 0 aliphatic carbocycles. The maximum absolute atomic E-state index is 12.1. The average Bonchev–Trinajstić information content (AvgIpc) is 2.39. The van der Waals surface area contributed by atoms with Gasteiger partial charge in [-0.25, -0.2) is 0 Å². The minimum atomic E-state index is -1.06. The van der Waals surface area contributed by atoms with E-state index in [1.165, 1.54) is 6.92 Å². The first-order chi connectivity index (χ1) is 9.63. The van der Waals surface area contributed by atoms with E-state index in [-0.39, 0.29) is 12.5 Å². The summed E-state index contributed by atoms with van der Waals surface area (Å²) in [6.45, 7) is 8.97. The van der Waals surface area contributed by atoms with Crippen molar-refractivity contribution in [1.29, 1.82) is 0 Å². The number of hydrogen-bond acceptors (Lipinski definition) is 3. The van der Waals surface area contributed by atoms with Gasteiger partial charge in [0.2, 0.25) is 5.91 Å². The molecular weight excluding hydrogens is 270 g/mol. The largest absolute Gasteiger partial charge is 0.492 e. The Kier molecular flexibility index (Phi) is 5.35. The quantitative estimate of drug-likeness (QED) is 0.844. The highest BCUT2D eigenvalue weighted by atomic mass is 16.5. The van der Waals surface area contributed by atoms with Gasteiger partial charge in [0.15, 0.2) is 0 Å². The van der Waals surface area contributed by atoms with Crippen molar-refractivity contribution in [3.63, 3.8) is 0 Å². The molecule has 1 atom stereocenters. The second-order valence-electron chi connectivity index (χ2n) is 5.97. The van der Waals surface area contributed by atoms with Gasteiger partial charge in [0, 0.05) is 0 Å². The number of carboxylic acid groups (broad SMARTS) is 1. The van der Waals surface area contributed by atoms with Crippen molar-refractivity contribution >= 4 is 11.9 Å². The molecule has 21 heavy (non-hydrogen) atoms. The minimum Gasteiger partial charge on any atom is -0.492 e. The maximum Gasteiger partial charge on any atom is 0.325 e. The molecule has 0 radical (unpaired) electrons. The highest BCUT2D eigenvalue weighted by molar-refractivity contribution is 5.86. The summed E-state index contributed by atoms with van der Waals surface area (Å²) >= 11 is 0. The van der Waals surface area contributed by atoms with E-state index in [9.17, 15) is 9.59 Å². The minimum absolute atomic E-state index is 0.176. The van der Waals surface area contributed by atoms with E-state index in [4.69, 9.17) is 9.84 Å². The van der Waals surface area contributed by atoms with Crippen molar-refractivity contribution in [2.75, 3.05) is 6.61 Å². The molecule has 0 aromatic heterocycles. The maximum atomic E-state index is 12.1. The third-order valence-electron chi connectivity index (χ3n) is 3.26. The van der Waals surface area contributed by atoms with Gasteiger partial charge in [-0.3, -0.25) is 9.59 Å². The molecule has 0 spiro atoms. The van der Waals surface area contributed by atoms with Gasteiger partial charge in [-0.1, -0.05) is 12.1 Å². The summed E-state index contributed by atoms with van der Waals surface area (Å²) in [7, 11) is 0. The molecule has 0 saturated carbocycles. The second-order valence-corrected chi connectivity index (χ2v) is 5.97. The first kappa shape index (κ1) is 17.0. The fourth-order valence-electron chi connectivity index (χ4n) is 1.64. The molecule has 2 N–H and O–H groups in total. The lowest BCUT2D eigenvalue weighted by Gasteiger charge is -2.25. The van der Waals surface area contributed by atoms with Crippen LogP contribution < -0.4 is 10.1 Å². The molecule has 5 nitrogen and oxygen atoms in total. The van der Waals surface area contributed by atoms with Crippen molar-refractivity contribution < 1.29 is 19.4 Å². The Labute approximate surface area is 125 Å². The molecule has 0 saturated heterocycles. The van der Waals surface area contributed by atoms with Gasteiger partial charge in [-0.15, -0.1) is 0 Å². The molecule has 1 unspecified atom stereocenters. The van der Waals surface area contributed by atoms with Crippen LogP contribution in [0.5, 0.6) is 5.75 Å². The van der Waals surface area contributed by atoms with Gasteiger partial charge in [0.25, 0.3) is 0 Å². The average molecular weight is 293 g/mol. The molecule has 5 heteroatoms. The van der Waals surface area contributed by atoms with Gasteiger partial charge in [0.05, 0.1) is 5.41 Å². The predicted octanol–water partition coefficient (Wildman–Crippen LogP) is 2.30. The van der Waals surface area contributed by atoms with Crippen LogP contribution in [0.15, 0.2) is 18.2 Å². The van der Waals surface area contributed by atoms with Crippen LogP contribution in [0.3, 0.4) is 0 Å². The van der Waals surface area contributed by atoms with Crippen LogP contribution in [-0.4, -0.2) is 29.6 Å². The molecule has 1 rings (SSSR count). The Bertz CT molecular complexity index is 537. The lowest BCUT2D eigenvalue weighted by Crippen LogP contribution is -2.47. The lowest BCUT2D eigenvalue weighted by atomic mass is 9.93. The zero-order chi connectivity index (χ0) is 16.2. The van der Waals surface area contributed by atoms with Gasteiger partial charge in [-0.2, -0.15) is 0 Å². The summed E-state index contributed by atoms with van der Waals surface area (Å²) in [4.78, 5) is 22.9. The smallest absolute Gasteiger partial charge is 0.325 e. The van der Waals surface area contributed by atoms with E-state index >= 15 is 0 Å². The van der Waals surface area contributed by atoms with E-state index in [2.05, 4.69) is 5.32 Å². The zero-order valence-corrected chi connectivity index (χ0v) is 13.2. The van der Waals surface area contributed by atoms with Gasteiger partial charge in [-0.05, 0) is 51.8 Å². The van der Waals surface area contributed by atoms with Crippen LogP contribution in [0.2, 0.25) is 0 Å². The first-order valence-electron chi connectivity index (χ1n) is 6.87. The van der Waals surface area contributed by atoms with Crippen LogP contribution in [0.1, 0.15) is 31.9 Å². The summed E-state index contributed by atoms with van der Waals surface area (Å²) in [6, 6.07) is 4.96. The Hall–Kier alpha value is -2.04. The summed E-state index contributed by atoms with van der Waals surface area (Å²) in [5.74, 6) is -0.667. The van der Waals surface area contributed by atoms with E-state index in [1.807, 2.05) is 32.0 Å². The monoisotopic (exact) mass is 293 g/mol. The van der Waals surface area contributed by atoms with Crippen molar-refractivity contribution in [2.24, 2.45) is 5.41 Å². The van der Waals surface area contributed by atoms with E-state index in [1.54, 1.807) is 13.8 Å². The molecule has 0 bridgehead atoms. The Morgan fingerprint density at radius 1 is 1.33 bits per heavy atom. The second kappa shape index (κ2) is 6.61. The third-order valence-corrected chi connectivity index (χ3v) is 3.26. The SMILES string of the molecule is Cc1ccc(C)c(OCC(C)(C)C(=O)NC(C)C(=O)O)c1. The van der Waals surface area contributed by atoms with E-state index < -0.39 is 17.4 Å². The van der Waals surface area contributed by atoms with Crippen LogP contribution in [-0.2, 0) is 9.59 Å². The standard InChI is InChI=1S/C16H23NO4/c1-10-6-7-11(2)13(8-10)21-9-16(4,5)15(20)17-12(3)14(18)19/h6-8,12H,9H2,1-5H3,(H,17,20)(H,18,19). The molecule has 0 aliphatic heterocycles. The molecule has 116 valence electrons. The highest BCUT2D eigenvalue weighted by Crippen LogP contribution is 2.23. The number of aryl methyl sites for hydroxylation is 2. The molecule has 1 aromatic rings. The molecule has 0 fully saturated rings. The van der Waals surface area contributed by atoms with Crippen LogP contribution in [0, 0.1) is 19.3 Å².